The predicted molar refractivity (Wildman–Crippen MR) is 89.2 cm³/mol. The van der Waals surface area contributed by atoms with E-state index in [1.165, 1.54) is 0 Å². The number of amides is 1. The predicted octanol–water partition coefficient (Wildman–Crippen LogP) is 0.654. The van der Waals surface area contributed by atoms with E-state index in [1.54, 1.807) is 29.4 Å². The van der Waals surface area contributed by atoms with E-state index in [4.69, 9.17) is 4.74 Å². The van der Waals surface area contributed by atoms with Crippen molar-refractivity contribution >= 4 is 17.9 Å². The van der Waals surface area contributed by atoms with E-state index < -0.39 is 11.7 Å². The highest BCUT2D eigenvalue weighted by molar-refractivity contribution is 5.90. The van der Waals surface area contributed by atoms with E-state index >= 15 is 0 Å². The van der Waals surface area contributed by atoms with Gasteiger partial charge in [0.25, 0.3) is 5.91 Å². The van der Waals surface area contributed by atoms with Crippen molar-refractivity contribution in [1.29, 1.82) is 0 Å². The molecule has 0 atom stereocenters. The summed E-state index contributed by atoms with van der Waals surface area (Å²) in [6.45, 7) is 2.07. The van der Waals surface area contributed by atoms with Crippen LogP contribution in [0.15, 0.2) is 35.6 Å². The summed E-state index contributed by atoms with van der Waals surface area (Å²) in [6.07, 6.45) is 4.20. The molecule has 130 valence electrons. The zero-order valence-corrected chi connectivity index (χ0v) is 13.4. The summed E-state index contributed by atoms with van der Waals surface area (Å²) in [4.78, 5) is 29.8. The van der Waals surface area contributed by atoms with Gasteiger partial charge in [-0.15, -0.1) is 0 Å². The number of carbonyl (C=O) groups excluding carboxylic acids is 1. The quantitative estimate of drug-likeness (QED) is 0.801. The lowest BCUT2D eigenvalue weighted by Crippen LogP contribution is -2.38. The highest BCUT2D eigenvalue weighted by Crippen LogP contribution is 2.16. The number of pyridine rings is 1. The summed E-state index contributed by atoms with van der Waals surface area (Å²) in [6, 6.07) is 5.44. The normalized spacial score (nSPS) is 14.7. The number of anilines is 1. The summed E-state index contributed by atoms with van der Waals surface area (Å²) in [7, 11) is 0. The maximum atomic E-state index is 13.9. The van der Waals surface area contributed by atoms with Crippen LogP contribution in [0.5, 0.6) is 0 Å². The van der Waals surface area contributed by atoms with Gasteiger partial charge in [0, 0.05) is 25.5 Å². The van der Waals surface area contributed by atoms with Crippen LogP contribution < -0.4 is 10.2 Å². The molecule has 3 heterocycles. The summed E-state index contributed by atoms with van der Waals surface area (Å²) in [5, 5.41) is 2.56. The van der Waals surface area contributed by atoms with Crippen LogP contribution in [0.3, 0.4) is 0 Å². The largest absolute Gasteiger partial charge is 0.378 e. The van der Waals surface area contributed by atoms with Crippen molar-refractivity contribution in [3.63, 3.8) is 0 Å². The highest BCUT2D eigenvalue weighted by atomic mass is 19.1. The average Bonchev–Trinajstić information content (AvgIpc) is 2.67. The van der Waals surface area contributed by atoms with Gasteiger partial charge in [0.2, 0.25) is 5.82 Å². The number of halogens is 1. The second-order valence-corrected chi connectivity index (χ2v) is 5.19. The van der Waals surface area contributed by atoms with Gasteiger partial charge in [-0.3, -0.25) is 14.8 Å². The number of rotatable bonds is 5. The van der Waals surface area contributed by atoms with Gasteiger partial charge in [-0.2, -0.15) is 0 Å². The first-order valence-corrected chi connectivity index (χ1v) is 7.78. The van der Waals surface area contributed by atoms with E-state index in [-0.39, 0.29) is 18.3 Å². The fraction of sp³-hybridized carbons (Fsp3) is 0.312. The van der Waals surface area contributed by atoms with Crippen LogP contribution in [-0.4, -0.2) is 60.0 Å². The maximum absolute atomic E-state index is 13.9. The molecule has 0 aliphatic carbocycles. The number of nitrogens with zero attached hydrogens (tertiary/aromatic N) is 5. The van der Waals surface area contributed by atoms with Crippen LogP contribution in [0.25, 0.3) is 0 Å². The van der Waals surface area contributed by atoms with Crippen molar-refractivity contribution in [3.05, 3.63) is 47.9 Å². The minimum Gasteiger partial charge on any atom is -0.378 e. The van der Waals surface area contributed by atoms with E-state index in [0.717, 1.165) is 6.20 Å². The zero-order valence-electron chi connectivity index (χ0n) is 13.4. The Morgan fingerprint density at radius 3 is 2.96 bits per heavy atom. The lowest BCUT2D eigenvalue weighted by molar-refractivity contribution is 0.0944. The molecule has 25 heavy (non-hydrogen) atoms. The smallest absolute Gasteiger partial charge is 0.290 e. The third-order valence-corrected chi connectivity index (χ3v) is 3.48. The summed E-state index contributed by atoms with van der Waals surface area (Å²) in [5.74, 6) is -1.07. The zero-order chi connectivity index (χ0) is 17.5. The Bertz CT molecular complexity index is 750. The van der Waals surface area contributed by atoms with Gasteiger partial charge in [-0.25, -0.2) is 14.4 Å². The molecule has 3 rings (SSSR count). The SMILES string of the molecule is O=C(NCN=Cc1ccccn1)c1ncc(F)c(N2CCOCC2)n1. The lowest BCUT2D eigenvalue weighted by Gasteiger charge is -2.27. The molecule has 2 aromatic rings. The van der Waals surface area contributed by atoms with Gasteiger partial charge in [0.05, 0.1) is 25.1 Å². The van der Waals surface area contributed by atoms with Crippen molar-refractivity contribution in [1.82, 2.24) is 20.3 Å². The number of carbonyl (C=O) groups is 1. The molecule has 1 fully saturated rings. The molecule has 0 spiro atoms. The number of aromatic nitrogens is 3. The molecule has 1 amide bonds. The van der Waals surface area contributed by atoms with Gasteiger partial charge in [-0.05, 0) is 12.1 Å². The number of aliphatic imine (C=N–C) groups is 1. The molecule has 0 unspecified atom stereocenters. The Balaban J connectivity index is 1.61. The van der Waals surface area contributed by atoms with Gasteiger partial charge < -0.3 is 15.0 Å². The van der Waals surface area contributed by atoms with Crippen LogP contribution in [0.1, 0.15) is 16.3 Å². The van der Waals surface area contributed by atoms with Gasteiger partial charge in [0.1, 0.15) is 6.67 Å². The average molecular weight is 344 g/mol. The molecular formula is C16H17FN6O2. The summed E-state index contributed by atoms with van der Waals surface area (Å²) >= 11 is 0. The number of hydrogen-bond donors (Lipinski definition) is 1. The molecule has 1 N–H and O–H groups in total. The molecule has 0 saturated carbocycles. The Hall–Kier alpha value is -2.94. The van der Waals surface area contributed by atoms with Gasteiger partial charge in [-0.1, -0.05) is 6.07 Å². The van der Waals surface area contributed by atoms with Crippen molar-refractivity contribution in [2.24, 2.45) is 4.99 Å². The third kappa shape index (κ3) is 4.54. The molecule has 1 aliphatic heterocycles. The Kier molecular flexibility index (Phi) is 5.57. The first-order chi connectivity index (χ1) is 12.2. The van der Waals surface area contributed by atoms with Crippen molar-refractivity contribution in [2.45, 2.75) is 0 Å². The molecule has 1 aliphatic rings. The summed E-state index contributed by atoms with van der Waals surface area (Å²) < 4.78 is 19.2. The van der Waals surface area contributed by atoms with E-state index in [1.807, 2.05) is 6.07 Å². The van der Waals surface area contributed by atoms with Crippen molar-refractivity contribution in [3.8, 4) is 0 Å². The van der Waals surface area contributed by atoms with E-state index in [9.17, 15) is 9.18 Å². The Morgan fingerprint density at radius 1 is 1.36 bits per heavy atom. The first-order valence-electron chi connectivity index (χ1n) is 7.78. The topological polar surface area (TPSA) is 92.6 Å². The van der Waals surface area contributed by atoms with E-state index in [0.29, 0.717) is 32.0 Å². The van der Waals surface area contributed by atoms with Crippen LogP contribution in [0.4, 0.5) is 10.2 Å². The first kappa shape index (κ1) is 16.9. The van der Waals surface area contributed by atoms with E-state index in [2.05, 4.69) is 25.3 Å². The Labute approximate surface area is 143 Å². The minimum atomic E-state index is -0.563. The monoisotopic (exact) mass is 344 g/mol. The number of morpholine rings is 1. The number of hydrogen-bond acceptors (Lipinski definition) is 7. The molecule has 0 radical (unpaired) electrons. The lowest BCUT2D eigenvalue weighted by atomic mass is 10.4. The maximum Gasteiger partial charge on any atom is 0.290 e. The molecule has 2 aromatic heterocycles. The minimum absolute atomic E-state index is 0.0447. The summed E-state index contributed by atoms with van der Waals surface area (Å²) in [5.41, 5.74) is 0.685. The molecule has 1 saturated heterocycles. The standard InChI is InChI=1S/C16H17FN6O2/c17-13-10-20-14(22-15(13)23-5-7-25-8-6-23)16(24)21-11-18-9-12-3-1-2-4-19-12/h1-4,9-10H,5-8,11H2,(H,21,24). The van der Waals surface area contributed by atoms with Gasteiger partial charge >= 0.3 is 0 Å². The molecular weight excluding hydrogens is 327 g/mol. The van der Waals surface area contributed by atoms with Crippen LogP contribution in [0, 0.1) is 5.82 Å². The molecule has 9 heteroatoms. The fourth-order valence-corrected chi connectivity index (χ4v) is 2.25. The van der Waals surface area contributed by atoms with Crippen LogP contribution in [0.2, 0.25) is 0 Å². The van der Waals surface area contributed by atoms with Crippen LogP contribution >= 0.6 is 0 Å². The highest BCUT2D eigenvalue weighted by Gasteiger charge is 2.19. The number of ether oxygens (including phenoxy) is 1. The second kappa shape index (κ2) is 8.25. The molecule has 8 nitrogen and oxygen atoms in total. The third-order valence-electron chi connectivity index (χ3n) is 3.48. The number of nitrogens with one attached hydrogen (secondary N) is 1. The Morgan fingerprint density at radius 2 is 2.20 bits per heavy atom. The fourth-order valence-electron chi connectivity index (χ4n) is 2.25. The van der Waals surface area contributed by atoms with Crippen molar-refractivity contribution < 1.29 is 13.9 Å². The molecule has 0 bridgehead atoms. The molecule has 0 aromatic carbocycles. The van der Waals surface area contributed by atoms with Crippen LogP contribution in [-0.2, 0) is 4.74 Å². The second-order valence-electron chi connectivity index (χ2n) is 5.19. The van der Waals surface area contributed by atoms with Crippen molar-refractivity contribution in [2.75, 3.05) is 37.9 Å². The van der Waals surface area contributed by atoms with Gasteiger partial charge in [0.15, 0.2) is 11.6 Å².